The third kappa shape index (κ3) is 4.87. The summed E-state index contributed by atoms with van der Waals surface area (Å²) >= 11 is 1.25. The molecule has 8 nitrogen and oxygen atoms in total. The quantitative estimate of drug-likeness (QED) is 0.638. The summed E-state index contributed by atoms with van der Waals surface area (Å²) < 4.78 is 7.01. The number of thioether (sulfide) groups is 1. The first kappa shape index (κ1) is 21.7. The van der Waals surface area contributed by atoms with E-state index in [1.807, 2.05) is 42.8 Å². The number of hydrogen-bond acceptors (Lipinski definition) is 6. The number of amides is 3. The molecule has 2 aromatic rings. The van der Waals surface area contributed by atoms with Gasteiger partial charge in [-0.25, -0.2) is 4.79 Å². The summed E-state index contributed by atoms with van der Waals surface area (Å²) in [6, 6.07) is 7.21. The van der Waals surface area contributed by atoms with E-state index in [-0.39, 0.29) is 17.7 Å². The van der Waals surface area contributed by atoms with Crippen LogP contribution in [0.5, 0.6) is 5.75 Å². The molecule has 166 valence electrons. The van der Waals surface area contributed by atoms with Gasteiger partial charge in [0, 0.05) is 18.7 Å². The Kier molecular flexibility index (Phi) is 6.50. The Morgan fingerprint density at radius 1 is 1.23 bits per heavy atom. The molecular weight excluding hydrogens is 414 g/mol. The molecule has 2 bridgehead atoms. The predicted octanol–water partition coefficient (Wildman–Crippen LogP) is 3.23. The van der Waals surface area contributed by atoms with Crippen molar-refractivity contribution in [3.63, 3.8) is 0 Å². The molecule has 0 radical (unpaired) electrons. The molecule has 4 rings (SSSR count). The molecule has 4 atom stereocenters. The van der Waals surface area contributed by atoms with Crippen molar-refractivity contribution in [2.45, 2.75) is 43.8 Å². The van der Waals surface area contributed by atoms with Crippen molar-refractivity contribution in [1.82, 2.24) is 25.4 Å². The summed E-state index contributed by atoms with van der Waals surface area (Å²) in [6.07, 6.45) is 5.09. The molecule has 0 saturated heterocycles. The molecule has 2 saturated carbocycles. The second kappa shape index (κ2) is 9.30. The highest BCUT2D eigenvalue weighted by atomic mass is 32.2. The average Bonchev–Trinajstić information content (AvgIpc) is 3.48. The lowest BCUT2D eigenvalue weighted by Gasteiger charge is -2.28. The lowest BCUT2D eigenvalue weighted by Crippen LogP contribution is -2.47. The molecule has 9 heteroatoms. The van der Waals surface area contributed by atoms with Crippen LogP contribution in [0.15, 0.2) is 29.4 Å². The van der Waals surface area contributed by atoms with Gasteiger partial charge >= 0.3 is 6.03 Å². The third-order valence-electron chi connectivity index (χ3n) is 6.56. The van der Waals surface area contributed by atoms with Gasteiger partial charge in [0.1, 0.15) is 5.75 Å². The molecular formula is C22H29N5O3S. The summed E-state index contributed by atoms with van der Waals surface area (Å²) in [5.41, 5.74) is 0.904. The number of benzene rings is 1. The minimum Gasteiger partial charge on any atom is -0.497 e. The van der Waals surface area contributed by atoms with Crippen LogP contribution >= 0.6 is 11.8 Å². The maximum atomic E-state index is 12.3. The second-order valence-corrected chi connectivity index (χ2v) is 9.47. The highest BCUT2D eigenvalue weighted by Crippen LogP contribution is 2.49. The minimum atomic E-state index is -0.419. The van der Waals surface area contributed by atoms with E-state index >= 15 is 0 Å². The number of carbonyl (C=O) groups excluding carboxylic acids is 2. The average molecular weight is 444 g/mol. The SMILES string of the molecule is COc1ccc(-c2nnc(SCC(=O)NC(=O)NC(C)C3CC4CCC3C4)n2C)cc1. The third-order valence-corrected chi connectivity index (χ3v) is 7.58. The first-order chi connectivity index (χ1) is 14.9. The Morgan fingerprint density at radius 3 is 2.65 bits per heavy atom. The number of rotatable bonds is 7. The zero-order valence-corrected chi connectivity index (χ0v) is 18.9. The van der Waals surface area contributed by atoms with Gasteiger partial charge in [-0.15, -0.1) is 10.2 Å². The molecule has 2 fully saturated rings. The van der Waals surface area contributed by atoms with E-state index in [1.165, 1.54) is 37.4 Å². The van der Waals surface area contributed by atoms with Crippen molar-refractivity contribution in [1.29, 1.82) is 0 Å². The standard InChI is InChI=1S/C22H29N5O3S/c1-13(18-11-14-4-5-16(18)10-14)23-21(29)24-19(28)12-31-22-26-25-20(27(22)2)15-6-8-17(30-3)9-7-15/h6-9,13-14,16,18H,4-5,10-12H2,1-3H3,(H2,23,24,28,29). The zero-order chi connectivity index (χ0) is 22.0. The number of carbonyl (C=O) groups is 2. The highest BCUT2D eigenvalue weighted by Gasteiger charge is 2.42. The van der Waals surface area contributed by atoms with Crippen molar-refractivity contribution in [2.75, 3.05) is 12.9 Å². The number of imide groups is 1. The van der Waals surface area contributed by atoms with Crippen LogP contribution in [0.2, 0.25) is 0 Å². The summed E-state index contributed by atoms with van der Waals surface area (Å²) in [5, 5.41) is 14.4. The van der Waals surface area contributed by atoms with Gasteiger partial charge < -0.3 is 14.6 Å². The number of methoxy groups -OCH3 is 1. The molecule has 3 amide bonds. The number of aromatic nitrogens is 3. The van der Waals surface area contributed by atoms with Crippen molar-refractivity contribution in [3.05, 3.63) is 24.3 Å². The Morgan fingerprint density at radius 2 is 2.00 bits per heavy atom. The number of hydrogen-bond donors (Lipinski definition) is 2. The molecule has 0 aliphatic heterocycles. The fraction of sp³-hybridized carbons (Fsp3) is 0.545. The molecule has 31 heavy (non-hydrogen) atoms. The fourth-order valence-corrected chi connectivity index (χ4v) is 5.69. The Labute approximate surface area is 186 Å². The van der Waals surface area contributed by atoms with E-state index in [1.54, 1.807) is 7.11 Å². The lowest BCUT2D eigenvalue weighted by molar-refractivity contribution is -0.117. The van der Waals surface area contributed by atoms with Crippen LogP contribution in [0.3, 0.4) is 0 Å². The Bertz CT molecular complexity index is 945. The van der Waals surface area contributed by atoms with E-state index < -0.39 is 6.03 Å². The zero-order valence-electron chi connectivity index (χ0n) is 18.1. The molecule has 2 aliphatic carbocycles. The van der Waals surface area contributed by atoms with Gasteiger partial charge in [-0.2, -0.15) is 0 Å². The summed E-state index contributed by atoms with van der Waals surface area (Å²) in [5.74, 6) is 3.29. The van der Waals surface area contributed by atoms with Gasteiger partial charge in [0.15, 0.2) is 11.0 Å². The van der Waals surface area contributed by atoms with E-state index in [4.69, 9.17) is 4.74 Å². The van der Waals surface area contributed by atoms with Gasteiger partial charge in [-0.3, -0.25) is 10.1 Å². The van der Waals surface area contributed by atoms with Crippen LogP contribution in [0, 0.1) is 17.8 Å². The summed E-state index contributed by atoms with van der Waals surface area (Å²) in [6.45, 7) is 2.05. The molecule has 4 unspecified atom stereocenters. The number of urea groups is 1. The van der Waals surface area contributed by atoms with E-state index in [0.29, 0.717) is 16.9 Å². The first-order valence-electron chi connectivity index (χ1n) is 10.7. The smallest absolute Gasteiger partial charge is 0.321 e. The molecule has 0 spiro atoms. The maximum Gasteiger partial charge on any atom is 0.321 e. The molecule has 2 aliphatic rings. The van der Waals surface area contributed by atoms with Crippen molar-refractivity contribution in [3.8, 4) is 17.1 Å². The lowest BCUT2D eigenvalue weighted by atomic mass is 9.84. The summed E-state index contributed by atoms with van der Waals surface area (Å²) in [7, 11) is 3.47. The van der Waals surface area contributed by atoms with Gasteiger partial charge in [-0.1, -0.05) is 18.2 Å². The highest BCUT2D eigenvalue weighted by molar-refractivity contribution is 7.99. The number of nitrogens with one attached hydrogen (secondary N) is 2. The predicted molar refractivity (Wildman–Crippen MR) is 119 cm³/mol. The van der Waals surface area contributed by atoms with Crippen molar-refractivity contribution in [2.24, 2.45) is 24.8 Å². The van der Waals surface area contributed by atoms with Crippen LogP contribution in [-0.4, -0.2) is 45.6 Å². The van der Waals surface area contributed by atoms with Gasteiger partial charge in [0.25, 0.3) is 0 Å². The van der Waals surface area contributed by atoms with Crippen LogP contribution in [0.1, 0.15) is 32.6 Å². The molecule has 2 N–H and O–H groups in total. The molecule has 1 heterocycles. The maximum absolute atomic E-state index is 12.3. The Hall–Kier alpha value is -2.55. The summed E-state index contributed by atoms with van der Waals surface area (Å²) in [4.78, 5) is 24.5. The Balaban J connectivity index is 1.26. The number of fused-ring (bicyclic) bond motifs is 2. The monoisotopic (exact) mass is 443 g/mol. The minimum absolute atomic E-state index is 0.0848. The van der Waals surface area contributed by atoms with Crippen LogP contribution in [0.4, 0.5) is 4.79 Å². The number of nitrogens with zero attached hydrogens (tertiary/aromatic N) is 3. The van der Waals surface area contributed by atoms with Crippen molar-refractivity contribution >= 4 is 23.7 Å². The van der Waals surface area contributed by atoms with Crippen LogP contribution < -0.4 is 15.4 Å². The van der Waals surface area contributed by atoms with Crippen LogP contribution in [0.25, 0.3) is 11.4 Å². The van der Waals surface area contributed by atoms with Gasteiger partial charge in [0.2, 0.25) is 5.91 Å². The second-order valence-electron chi connectivity index (χ2n) is 8.53. The van der Waals surface area contributed by atoms with Gasteiger partial charge in [0.05, 0.1) is 12.9 Å². The largest absolute Gasteiger partial charge is 0.497 e. The van der Waals surface area contributed by atoms with Gasteiger partial charge in [-0.05, 0) is 68.2 Å². The van der Waals surface area contributed by atoms with E-state index in [9.17, 15) is 9.59 Å². The van der Waals surface area contributed by atoms with E-state index in [0.717, 1.165) is 23.1 Å². The number of ether oxygens (including phenoxy) is 1. The fourth-order valence-electron chi connectivity index (χ4n) is 4.98. The molecule has 1 aromatic carbocycles. The van der Waals surface area contributed by atoms with E-state index in [2.05, 4.69) is 20.8 Å². The molecule has 1 aromatic heterocycles. The topological polar surface area (TPSA) is 98.1 Å². The first-order valence-corrected chi connectivity index (χ1v) is 11.7. The van der Waals surface area contributed by atoms with Crippen molar-refractivity contribution < 1.29 is 14.3 Å². The van der Waals surface area contributed by atoms with Crippen LogP contribution in [-0.2, 0) is 11.8 Å². The normalized spacial score (nSPS) is 22.9.